The molecule has 0 fully saturated rings. The van der Waals surface area contributed by atoms with Gasteiger partial charge in [0.2, 0.25) is 0 Å². The Labute approximate surface area is 144 Å². The van der Waals surface area contributed by atoms with Crippen LogP contribution in [0.25, 0.3) is 0 Å². The average molecular weight is 380 g/mol. The van der Waals surface area contributed by atoms with Gasteiger partial charge in [-0.1, -0.05) is 28.1 Å². The van der Waals surface area contributed by atoms with E-state index < -0.39 is 6.10 Å². The molecule has 0 saturated heterocycles. The van der Waals surface area contributed by atoms with Crippen molar-refractivity contribution in [3.8, 4) is 5.75 Å². The number of rotatable bonds is 7. The van der Waals surface area contributed by atoms with E-state index in [1.807, 2.05) is 24.3 Å². The van der Waals surface area contributed by atoms with E-state index in [2.05, 4.69) is 21.2 Å². The van der Waals surface area contributed by atoms with E-state index in [-0.39, 0.29) is 11.7 Å². The van der Waals surface area contributed by atoms with Crippen molar-refractivity contribution in [2.75, 3.05) is 6.54 Å². The summed E-state index contributed by atoms with van der Waals surface area (Å²) in [6.07, 6.45) is 1.03. The molecule has 0 aromatic heterocycles. The van der Waals surface area contributed by atoms with Crippen LogP contribution in [0.5, 0.6) is 5.75 Å². The third-order valence-electron chi connectivity index (χ3n) is 3.35. The lowest BCUT2D eigenvalue weighted by Gasteiger charge is -2.14. The van der Waals surface area contributed by atoms with E-state index in [9.17, 15) is 9.18 Å². The predicted octanol–water partition coefficient (Wildman–Crippen LogP) is 4.10. The fourth-order valence-corrected chi connectivity index (χ4v) is 2.33. The van der Waals surface area contributed by atoms with Gasteiger partial charge in [0.1, 0.15) is 11.6 Å². The van der Waals surface area contributed by atoms with E-state index in [4.69, 9.17) is 4.74 Å². The Morgan fingerprint density at radius 2 is 1.83 bits per heavy atom. The molecule has 1 atom stereocenters. The minimum Gasteiger partial charge on any atom is -0.481 e. The molecule has 0 spiro atoms. The summed E-state index contributed by atoms with van der Waals surface area (Å²) in [6, 6.07) is 13.8. The van der Waals surface area contributed by atoms with Gasteiger partial charge in [-0.3, -0.25) is 4.79 Å². The summed E-state index contributed by atoms with van der Waals surface area (Å²) >= 11 is 3.35. The van der Waals surface area contributed by atoms with Crippen molar-refractivity contribution in [1.29, 1.82) is 0 Å². The first-order chi connectivity index (χ1) is 11.0. The highest BCUT2D eigenvalue weighted by atomic mass is 79.9. The van der Waals surface area contributed by atoms with Crippen LogP contribution >= 0.6 is 15.9 Å². The Hall–Kier alpha value is -1.88. The first-order valence-electron chi connectivity index (χ1n) is 7.49. The van der Waals surface area contributed by atoms with Crippen molar-refractivity contribution in [3.05, 3.63) is 64.4 Å². The number of nitrogens with one attached hydrogen (secondary N) is 1. The Morgan fingerprint density at radius 1 is 1.17 bits per heavy atom. The van der Waals surface area contributed by atoms with Crippen LogP contribution in [0.1, 0.15) is 18.9 Å². The molecule has 2 aromatic carbocycles. The molecule has 2 aromatic rings. The minimum atomic E-state index is -0.554. The van der Waals surface area contributed by atoms with Crippen LogP contribution in [-0.2, 0) is 11.2 Å². The van der Waals surface area contributed by atoms with E-state index in [1.165, 1.54) is 12.1 Å². The normalized spacial score (nSPS) is 11.8. The maximum absolute atomic E-state index is 12.8. The number of hydrogen-bond donors (Lipinski definition) is 1. The van der Waals surface area contributed by atoms with E-state index in [0.29, 0.717) is 12.3 Å². The molecular formula is C18H19BrFNO2. The monoisotopic (exact) mass is 379 g/mol. The summed E-state index contributed by atoms with van der Waals surface area (Å²) in [6.45, 7) is 2.28. The molecule has 0 aliphatic rings. The summed E-state index contributed by atoms with van der Waals surface area (Å²) in [4.78, 5) is 12.0. The number of carbonyl (C=O) groups excluding carboxylic acids is 1. The third kappa shape index (κ3) is 6.02. The zero-order valence-corrected chi connectivity index (χ0v) is 14.5. The topological polar surface area (TPSA) is 38.3 Å². The highest BCUT2D eigenvalue weighted by Gasteiger charge is 2.13. The molecule has 122 valence electrons. The van der Waals surface area contributed by atoms with Crippen LogP contribution in [0.3, 0.4) is 0 Å². The van der Waals surface area contributed by atoms with Gasteiger partial charge in [0.25, 0.3) is 5.91 Å². The predicted molar refractivity (Wildman–Crippen MR) is 92.0 cm³/mol. The lowest BCUT2D eigenvalue weighted by Crippen LogP contribution is -2.36. The zero-order chi connectivity index (χ0) is 16.7. The molecule has 0 aliphatic carbocycles. The van der Waals surface area contributed by atoms with Crippen LogP contribution in [0, 0.1) is 5.82 Å². The van der Waals surface area contributed by atoms with Crippen molar-refractivity contribution in [3.63, 3.8) is 0 Å². The molecule has 1 amide bonds. The molecule has 1 N–H and O–H groups in total. The average Bonchev–Trinajstić information content (AvgIpc) is 2.55. The molecule has 0 unspecified atom stereocenters. The fraction of sp³-hybridized carbons (Fsp3) is 0.278. The molecule has 3 nitrogen and oxygen atoms in total. The number of aryl methyl sites for hydroxylation is 1. The molecule has 0 radical (unpaired) electrons. The molecule has 5 heteroatoms. The Bertz CT molecular complexity index is 628. The maximum atomic E-state index is 12.8. The van der Waals surface area contributed by atoms with Gasteiger partial charge in [0, 0.05) is 11.0 Å². The molecular weight excluding hydrogens is 361 g/mol. The lowest BCUT2D eigenvalue weighted by atomic mass is 10.1. The number of benzene rings is 2. The van der Waals surface area contributed by atoms with Gasteiger partial charge in [0.05, 0.1) is 0 Å². The summed E-state index contributed by atoms with van der Waals surface area (Å²) in [5, 5.41) is 2.85. The second kappa shape index (κ2) is 8.67. The molecule has 0 aliphatic heterocycles. The van der Waals surface area contributed by atoms with Gasteiger partial charge in [-0.05, 0) is 61.7 Å². The van der Waals surface area contributed by atoms with Gasteiger partial charge in [0.15, 0.2) is 6.10 Å². The van der Waals surface area contributed by atoms with E-state index in [0.717, 1.165) is 22.9 Å². The number of halogens is 2. The zero-order valence-electron chi connectivity index (χ0n) is 12.9. The van der Waals surface area contributed by atoms with Crippen LogP contribution in [0.4, 0.5) is 4.39 Å². The van der Waals surface area contributed by atoms with Crippen LogP contribution in [-0.4, -0.2) is 18.6 Å². The Kier molecular flexibility index (Phi) is 6.59. The van der Waals surface area contributed by atoms with E-state index in [1.54, 1.807) is 19.1 Å². The first-order valence-corrected chi connectivity index (χ1v) is 8.28. The van der Waals surface area contributed by atoms with Crippen LogP contribution in [0.2, 0.25) is 0 Å². The summed E-state index contributed by atoms with van der Waals surface area (Å²) in [7, 11) is 0. The number of carbonyl (C=O) groups is 1. The lowest BCUT2D eigenvalue weighted by molar-refractivity contribution is -0.127. The first kappa shape index (κ1) is 17.5. The molecule has 0 saturated carbocycles. The molecule has 0 bridgehead atoms. The second-order valence-corrected chi connectivity index (χ2v) is 6.15. The minimum absolute atomic E-state index is 0.146. The highest BCUT2D eigenvalue weighted by Crippen LogP contribution is 2.17. The fourth-order valence-electron chi connectivity index (χ4n) is 2.07. The van der Waals surface area contributed by atoms with Crippen LogP contribution in [0.15, 0.2) is 53.0 Å². The van der Waals surface area contributed by atoms with Crippen molar-refractivity contribution in [2.45, 2.75) is 25.9 Å². The number of hydrogen-bond acceptors (Lipinski definition) is 2. The Balaban J connectivity index is 1.69. The van der Waals surface area contributed by atoms with Gasteiger partial charge < -0.3 is 10.1 Å². The highest BCUT2D eigenvalue weighted by molar-refractivity contribution is 9.10. The van der Waals surface area contributed by atoms with Crippen molar-refractivity contribution >= 4 is 21.8 Å². The van der Waals surface area contributed by atoms with Gasteiger partial charge in [-0.15, -0.1) is 0 Å². The summed E-state index contributed by atoms with van der Waals surface area (Å²) < 4.78 is 19.3. The van der Waals surface area contributed by atoms with E-state index >= 15 is 0 Å². The largest absolute Gasteiger partial charge is 0.481 e. The number of amides is 1. The van der Waals surface area contributed by atoms with Gasteiger partial charge >= 0.3 is 0 Å². The molecule has 23 heavy (non-hydrogen) atoms. The Morgan fingerprint density at radius 3 is 2.48 bits per heavy atom. The summed E-state index contributed by atoms with van der Waals surface area (Å²) in [5.74, 6) is 0.273. The smallest absolute Gasteiger partial charge is 0.260 e. The maximum Gasteiger partial charge on any atom is 0.260 e. The van der Waals surface area contributed by atoms with Gasteiger partial charge in [-0.25, -0.2) is 4.39 Å². The van der Waals surface area contributed by atoms with Crippen molar-refractivity contribution < 1.29 is 13.9 Å². The SMILES string of the molecule is C[C@H](Oc1ccc(Br)cc1)C(=O)NCCCc1ccc(F)cc1. The van der Waals surface area contributed by atoms with Gasteiger partial charge in [-0.2, -0.15) is 0 Å². The molecule has 2 rings (SSSR count). The number of ether oxygens (including phenoxy) is 1. The summed E-state index contributed by atoms with van der Waals surface area (Å²) in [5.41, 5.74) is 1.06. The second-order valence-electron chi connectivity index (χ2n) is 5.24. The van der Waals surface area contributed by atoms with Crippen molar-refractivity contribution in [2.24, 2.45) is 0 Å². The molecule has 0 heterocycles. The quantitative estimate of drug-likeness (QED) is 0.735. The van der Waals surface area contributed by atoms with Crippen LogP contribution < -0.4 is 10.1 Å². The van der Waals surface area contributed by atoms with Crippen molar-refractivity contribution in [1.82, 2.24) is 5.32 Å². The standard InChI is InChI=1S/C18H19BrFNO2/c1-13(23-17-10-6-15(19)7-11-17)18(22)21-12-2-3-14-4-8-16(20)9-5-14/h4-11,13H,2-3,12H2,1H3,(H,21,22)/t13-/m0/s1. The third-order valence-corrected chi connectivity index (χ3v) is 3.88.